The highest BCUT2D eigenvalue weighted by molar-refractivity contribution is 5.30. The Hall–Kier alpha value is -0.860. The highest BCUT2D eigenvalue weighted by atomic mass is 16.5. The Morgan fingerprint density at radius 2 is 2.08 bits per heavy atom. The van der Waals surface area contributed by atoms with E-state index in [0.29, 0.717) is 0 Å². The van der Waals surface area contributed by atoms with Crippen molar-refractivity contribution in [3.05, 3.63) is 35.4 Å². The van der Waals surface area contributed by atoms with Gasteiger partial charge in [0, 0.05) is 0 Å². The number of hydrogen-bond acceptors (Lipinski definition) is 2. The van der Waals surface area contributed by atoms with Crippen LogP contribution in [0, 0.1) is 0 Å². The minimum atomic E-state index is 0.143. The Bertz CT molecular complexity index is 296. The zero-order valence-electron chi connectivity index (χ0n) is 8.16. The summed E-state index contributed by atoms with van der Waals surface area (Å²) < 4.78 is 5.69. The topological polar surface area (TPSA) is 12.5 Å². The third-order valence-corrected chi connectivity index (χ3v) is 2.44. The Balaban J connectivity index is 2.37. The average molecular weight is 177 g/mol. The first kappa shape index (κ1) is 8.73. The van der Waals surface area contributed by atoms with Gasteiger partial charge in [-0.15, -0.1) is 0 Å². The highest BCUT2D eigenvalue weighted by Crippen LogP contribution is 2.27. The average Bonchev–Trinajstić information content (AvgIpc) is 2.17. The van der Waals surface area contributed by atoms with Crippen molar-refractivity contribution in [3.8, 4) is 0 Å². The first-order valence-corrected chi connectivity index (χ1v) is 4.65. The van der Waals surface area contributed by atoms with Crippen molar-refractivity contribution in [3.63, 3.8) is 0 Å². The molecule has 0 fully saturated rings. The number of hydrogen-bond donors (Lipinski definition) is 0. The molecule has 1 heterocycles. The van der Waals surface area contributed by atoms with Crippen molar-refractivity contribution in [1.82, 2.24) is 4.90 Å². The van der Waals surface area contributed by atoms with Crippen LogP contribution in [0.3, 0.4) is 0 Å². The van der Waals surface area contributed by atoms with Gasteiger partial charge in [0.2, 0.25) is 0 Å². The SMILES string of the molecule is CN(C)C1OCCc2ccccc21. The monoisotopic (exact) mass is 177 g/mol. The molecule has 1 aliphatic rings. The fourth-order valence-corrected chi connectivity index (χ4v) is 1.80. The van der Waals surface area contributed by atoms with E-state index in [4.69, 9.17) is 4.74 Å². The van der Waals surface area contributed by atoms with E-state index in [1.165, 1.54) is 11.1 Å². The maximum atomic E-state index is 5.69. The summed E-state index contributed by atoms with van der Waals surface area (Å²) in [6.45, 7) is 0.833. The molecule has 2 heteroatoms. The van der Waals surface area contributed by atoms with E-state index in [1.807, 2.05) is 14.1 Å². The lowest BCUT2D eigenvalue weighted by atomic mass is 10.0. The fraction of sp³-hybridized carbons (Fsp3) is 0.455. The number of benzene rings is 1. The summed E-state index contributed by atoms with van der Waals surface area (Å²) in [7, 11) is 4.10. The second-order valence-corrected chi connectivity index (χ2v) is 3.64. The van der Waals surface area contributed by atoms with Crippen LogP contribution in [0.2, 0.25) is 0 Å². The number of nitrogens with zero attached hydrogens (tertiary/aromatic N) is 1. The maximum Gasteiger partial charge on any atom is 0.136 e. The van der Waals surface area contributed by atoms with Crippen LogP contribution in [0.1, 0.15) is 17.4 Å². The standard InChI is InChI=1S/C11H15NO/c1-12(2)11-10-6-4-3-5-9(10)7-8-13-11/h3-6,11H,7-8H2,1-2H3. The van der Waals surface area contributed by atoms with Crippen LogP contribution in [0.15, 0.2) is 24.3 Å². The number of rotatable bonds is 1. The zero-order valence-corrected chi connectivity index (χ0v) is 8.16. The van der Waals surface area contributed by atoms with E-state index in [-0.39, 0.29) is 6.23 Å². The third kappa shape index (κ3) is 1.60. The van der Waals surface area contributed by atoms with Crippen molar-refractivity contribution in [2.24, 2.45) is 0 Å². The molecule has 0 saturated carbocycles. The first-order valence-electron chi connectivity index (χ1n) is 4.65. The van der Waals surface area contributed by atoms with Gasteiger partial charge in [0.1, 0.15) is 6.23 Å². The molecule has 2 nitrogen and oxygen atoms in total. The van der Waals surface area contributed by atoms with Gasteiger partial charge in [-0.05, 0) is 31.6 Å². The molecule has 0 radical (unpaired) electrons. The predicted octanol–water partition coefficient (Wildman–Crippen LogP) is 1.82. The minimum Gasteiger partial charge on any atom is -0.359 e. The van der Waals surface area contributed by atoms with Crippen LogP contribution < -0.4 is 0 Å². The second-order valence-electron chi connectivity index (χ2n) is 3.64. The summed E-state index contributed by atoms with van der Waals surface area (Å²) >= 11 is 0. The second kappa shape index (κ2) is 3.48. The van der Waals surface area contributed by atoms with Gasteiger partial charge in [0.25, 0.3) is 0 Å². The molecule has 70 valence electrons. The lowest BCUT2D eigenvalue weighted by Crippen LogP contribution is -2.28. The molecule has 0 bridgehead atoms. The summed E-state index contributed by atoms with van der Waals surface area (Å²) in [6, 6.07) is 8.51. The van der Waals surface area contributed by atoms with Crippen LogP contribution in [0.25, 0.3) is 0 Å². The van der Waals surface area contributed by atoms with E-state index in [2.05, 4.69) is 29.2 Å². The van der Waals surface area contributed by atoms with Gasteiger partial charge >= 0.3 is 0 Å². The maximum absolute atomic E-state index is 5.69. The lowest BCUT2D eigenvalue weighted by Gasteiger charge is -2.30. The van der Waals surface area contributed by atoms with Crippen molar-refractivity contribution >= 4 is 0 Å². The molecule has 1 unspecified atom stereocenters. The summed E-state index contributed by atoms with van der Waals surface area (Å²) in [5.41, 5.74) is 2.74. The molecule has 2 rings (SSSR count). The molecule has 1 aliphatic heterocycles. The zero-order chi connectivity index (χ0) is 9.26. The number of ether oxygens (including phenoxy) is 1. The van der Waals surface area contributed by atoms with Gasteiger partial charge in [-0.3, -0.25) is 4.90 Å². The molecular formula is C11H15NO. The normalized spacial score (nSPS) is 21.6. The molecule has 0 aliphatic carbocycles. The van der Waals surface area contributed by atoms with Crippen LogP contribution in [-0.4, -0.2) is 25.6 Å². The van der Waals surface area contributed by atoms with E-state index in [0.717, 1.165) is 13.0 Å². The quantitative estimate of drug-likeness (QED) is 0.648. The van der Waals surface area contributed by atoms with Gasteiger partial charge in [-0.2, -0.15) is 0 Å². The molecule has 1 atom stereocenters. The molecule has 0 N–H and O–H groups in total. The fourth-order valence-electron chi connectivity index (χ4n) is 1.80. The largest absolute Gasteiger partial charge is 0.359 e. The van der Waals surface area contributed by atoms with Gasteiger partial charge in [-0.25, -0.2) is 0 Å². The first-order chi connectivity index (χ1) is 6.29. The molecule has 0 amide bonds. The summed E-state index contributed by atoms with van der Waals surface area (Å²) in [5, 5.41) is 0. The van der Waals surface area contributed by atoms with Crippen LogP contribution in [0.5, 0.6) is 0 Å². The van der Waals surface area contributed by atoms with Crippen LogP contribution in [0.4, 0.5) is 0 Å². The Kier molecular flexibility index (Phi) is 2.34. The smallest absolute Gasteiger partial charge is 0.136 e. The van der Waals surface area contributed by atoms with Gasteiger partial charge in [0.15, 0.2) is 0 Å². The lowest BCUT2D eigenvalue weighted by molar-refractivity contribution is -0.0469. The van der Waals surface area contributed by atoms with Crippen LogP contribution in [-0.2, 0) is 11.2 Å². The van der Waals surface area contributed by atoms with Crippen molar-refractivity contribution in [1.29, 1.82) is 0 Å². The van der Waals surface area contributed by atoms with E-state index >= 15 is 0 Å². The molecule has 1 aromatic carbocycles. The summed E-state index contributed by atoms with van der Waals surface area (Å²) in [4.78, 5) is 2.11. The van der Waals surface area contributed by atoms with Gasteiger partial charge < -0.3 is 4.74 Å². The molecule has 13 heavy (non-hydrogen) atoms. The van der Waals surface area contributed by atoms with Crippen molar-refractivity contribution in [2.75, 3.05) is 20.7 Å². The van der Waals surface area contributed by atoms with E-state index < -0.39 is 0 Å². The third-order valence-electron chi connectivity index (χ3n) is 2.44. The molecular weight excluding hydrogens is 162 g/mol. The molecule has 0 spiro atoms. The van der Waals surface area contributed by atoms with E-state index in [1.54, 1.807) is 0 Å². The summed E-state index contributed by atoms with van der Waals surface area (Å²) in [5.74, 6) is 0. The van der Waals surface area contributed by atoms with E-state index in [9.17, 15) is 0 Å². The minimum absolute atomic E-state index is 0.143. The molecule has 0 saturated heterocycles. The van der Waals surface area contributed by atoms with Crippen LogP contribution >= 0.6 is 0 Å². The molecule has 1 aromatic rings. The number of fused-ring (bicyclic) bond motifs is 1. The Morgan fingerprint density at radius 1 is 1.31 bits per heavy atom. The highest BCUT2D eigenvalue weighted by Gasteiger charge is 2.21. The molecule has 0 aromatic heterocycles. The Morgan fingerprint density at radius 3 is 2.85 bits per heavy atom. The van der Waals surface area contributed by atoms with Gasteiger partial charge in [-0.1, -0.05) is 24.3 Å². The van der Waals surface area contributed by atoms with Crippen molar-refractivity contribution < 1.29 is 4.74 Å². The summed E-state index contributed by atoms with van der Waals surface area (Å²) in [6.07, 6.45) is 1.19. The van der Waals surface area contributed by atoms with Gasteiger partial charge in [0.05, 0.1) is 6.61 Å². The van der Waals surface area contributed by atoms with Crippen molar-refractivity contribution in [2.45, 2.75) is 12.6 Å². The predicted molar refractivity (Wildman–Crippen MR) is 52.5 cm³/mol. The Labute approximate surface area is 79.1 Å².